The molecule has 122 valence electrons. The molecule has 0 radical (unpaired) electrons. The number of benzene rings is 2. The van der Waals surface area contributed by atoms with Gasteiger partial charge in [0.1, 0.15) is 11.1 Å². The molecule has 0 bridgehead atoms. The summed E-state index contributed by atoms with van der Waals surface area (Å²) < 4.78 is 5.17. The van der Waals surface area contributed by atoms with Gasteiger partial charge in [-0.3, -0.25) is 4.79 Å². The molecule has 0 aliphatic carbocycles. The fourth-order valence-electron chi connectivity index (χ4n) is 2.18. The van der Waals surface area contributed by atoms with Gasteiger partial charge >= 0.3 is 5.63 Å². The number of nitrogens with one attached hydrogen (secondary N) is 1. The van der Waals surface area contributed by atoms with E-state index in [2.05, 4.69) is 5.32 Å². The summed E-state index contributed by atoms with van der Waals surface area (Å²) in [6, 6.07) is 16.1. The van der Waals surface area contributed by atoms with Gasteiger partial charge in [-0.2, -0.15) is 0 Å². The third kappa shape index (κ3) is 3.99. The highest BCUT2D eigenvalue weighted by atomic mass is 35.5. The predicted molar refractivity (Wildman–Crippen MR) is 97.0 cm³/mol. The molecule has 1 heterocycles. The van der Waals surface area contributed by atoms with Crippen molar-refractivity contribution >= 4 is 40.2 Å². The quantitative estimate of drug-likeness (QED) is 0.425. The highest BCUT2D eigenvalue weighted by Gasteiger charge is 2.12. The first-order chi connectivity index (χ1) is 11.6. The van der Waals surface area contributed by atoms with Crippen molar-refractivity contribution in [3.8, 4) is 0 Å². The van der Waals surface area contributed by atoms with E-state index in [-0.39, 0.29) is 5.56 Å². The molecule has 0 saturated carbocycles. The lowest BCUT2D eigenvalue weighted by atomic mass is 10.2. The minimum absolute atomic E-state index is 0.0187. The van der Waals surface area contributed by atoms with Gasteiger partial charge in [-0.1, -0.05) is 29.8 Å². The van der Waals surface area contributed by atoms with Crippen molar-refractivity contribution in [2.75, 3.05) is 12.3 Å². The Kier molecular flexibility index (Phi) is 5.23. The summed E-state index contributed by atoms with van der Waals surface area (Å²) in [6.45, 7) is 0.443. The number of thioether (sulfide) groups is 1. The van der Waals surface area contributed by atoms with E-state index in [0.29, 0.717) is 22.9 Å². The van der Waals surface area contributed by atoms with E-state index >= 15 is 0 Å². The van der Waals surface area contributed by atoms with Gasteiger partial charge in [0.25, 0.3) is 5.91 Å². The highest BCUT2D eigenvalue weighted by molar-refractivity contribution is 7.99. The topological polar surface area (TPSA) is 59.3 Å². The molecule has 1 aromatic heterocycles. The molecular formula is C18H14ClNO3S. The lowest BCUT2D eigenvalue weighted by Gasteiger charge is -2.05. The van der Waals surface area contributed by atoms with Crippen LogP contribution in [-0.2, 0) is 0 Å². The zero-order chi connectivity index (χ0) is 16.9. The third-order valence-corrected chi connectivity index (χ3v) is 4.62. The van der Waals surface area contributed by atoms with Crippen molar-refractivity contribution in [1.82, 2.24) is 5.32 Å². The number of fused-ring (bicyclic) bond motifs is 1. The fraction of sp³-hybridized carbons (Fsp3) is 0.111. The molecule has 0 aliphatic heterocycles. The van der Waals surface area contributed by atoms with Crippen LogP contribution in [-0.4, -0.2) is 18.2 Å². The molecule has 0 aliphatic rings. The van der Waals surface area contributed by atoms with E-state index in [1.807, 2.05) is 30.3 Å². The standard InChI is InChI=1S/C18H14ClNO3S/c19-13-5-7-14(8-6-13)24-10-9-20-17(21)15-11-12-3-1-2-4-16(12)23-18(15)22/h1-8,11H,9-10H2,(H,20,21). The summed E-state index contributed by atoms with van der Waals surface area (Å²) in [5.41, 5.74) is -0.140. The Morgan fingerprint density at radius 2 is 1.88 bits per heavy atom. The van der Waals surface area contributed by atoms with E-state index in [1.165, 1.54) is 0 Å². The normalized spacial score (nSPS) is 10.7. The number of amides is 1. The fourth-order valence-corrected chi connectivity index (χ4v) is 3.07. The number of rotatable bonds is 5. The second-order valence-corrected chi connectivity index (χ2v) is 6.65. The van der Waals surface area contributed by atoms with Crippen LogP contribution in [0.25, 0.3) is 11.0 Å². The molecule has 0 saturated heterocycles. The van der Waals surface area contributed by atoms with Crippen LogP contribution in [0.5, 0.6) is 0 Å². The molecule has 1 N–H and O–H groups in total. The maximum Gasteiger partial charge on any atom is 0.349 e. The molecule has 3 rings (SSSR count). The van der Waals surface area contributed by atoms with Gasteiger partial charge in [-0.25, -0.2) is 4.79 Å². The van der Waals surface area contributed by atoms with E-state index in [4.69, 9.17) is 16.0 Å². The number of carbonyl (C=O) groups is 1. The van der Waals surface area contributed by atoms with E-state index in [1.54, 1.807) is 36.0 Å². The van der Waals surface area contributed by atoms with Crippen LogP contribution in [0, 0.1) is 0 Å². The Labute approximate surface area is 147 Å². The van der Waals surface area contributed by atoms with Crippen LogP contribution in [0.2, 0.25) is 5.02 Å². The second kappa shape index (κ2) is 7.55. The zero-order valence-corrected chi connectivity index (χ0v) is 14.2. The lowest BCUT2D eigenvalue weighted by molar-refractivity contribution is 0.0952. The van der Waals surface area contributed by atoms with Crippen LogP contribution in [0.3, 0.4) is 0 Å². The molecule has 0 fully saturated rings. The summed E-state index contributed by atoms with van der Waals surface area (Å²) in [4.78, 5) is 25.2. The maximum atomic E-state index is 12.2. The van der Waals surface area contributed by atoms with Gasteiger partial charge in [0.15, 0.2) is 0 Å². The molecule has 4 nitrogen and oxygen atoms in total. The van der Waals surface area contributed by atoms with Crippen molar-refractivity contribution in [2.24, 2.45) is 0 Å². The van der Waals surface area contributed by atoms with E-state index in [9.17, 15) is 9.59 Å². The highest BCUT2D eigenvalue weighted by Crippen LogP contribution is 2.19. The largest absolute Gasteiger partial charge is 0.422 e. The minimum Gasteiger partial charge on any atom is -0.422 e. The van der Waals surface area contributed by atoms with Crippen molar-refractivity contribution in [1.29, 1.82) is 0 Å². The molecule has 3 aromatic rings. The number of halogens is 1. The molecule has 6 heteroatoms. The van der Waals surface area contributed by atoms with Crippen molar-refractivity contribution < 1.29 is 9.21 Å². The minimum atomic E-state index is -0.628. The van der Waals surface area contributed by atoms with Gasteiger partial charge in [-0.05, 0) is 36.4 Å². The third-order valence-electron chi connectivity index (χ3n) is 3.36. The Morgan fingerprint density at radius 3 is 2.67 bits per heavy atom. The van der Waals surface area contributed by atoms with Crippen LogP contribution < -0.4 is 10.9 Å². The number of hydrogen-bond acceptors (Lipinski definition) is 4. The maximum absolute atomic E-state index is 12.2. The molecule has 2 aromatic carbocycles. The summed E-state index contributed by atoms with van der Waals surface area (Å²) in [6.07, 6.45) is 0. The first-order valence-corrected chi connectivity index (χ1v) is 8.69. The van der Waals surface area contributed by atoms with Crippen molar-refractivity contribution in [2.45, 2.75) is 4.90 Å². The SMILES string of the molecule is O=C(NCCSc1ccc(Cl)cc1)c1cc2ccccc2oc1=O. The van der Waals surface area contributed by atoms with Crippen molar-refractivity contribution in [3.63, 3.8) is 0 Å². The summed E-state index contributed by atoms with van der Waals surface area (Å²) in [5.74, 6) is 0.262. The Balaban J connectivity index is 1.60. The molecule has 0 atom stereocenters. The van der Waals surface area contributed by atoms with Gasteiger partial charge in [0, 0.05) is 27.6 Å². The lowest BCUT2D eigenvalue weighted by Crippen LogP contribution is -2.29. The Hall–Kier alpha value is -2.24. The summed E-state index contributed by atoms with van der Waals surface area (Å²) in [5, 5.41) is 4.15. The number of carbonyl (C=O) groups excluding carboxylic acids is 1. The Bertz CT molecular complexity index is 921. The van der Waals surface area contributed by atoms with Gasteiger partial charge < -0.3 is 9.73 Å². The number of para-hydroxylation sites is 1. The smallest absolute Gasteiger partial charge is 0.349 e. The van der Waals surface area contributed by atoms with Crippen LogP contribution in [0.1, 0.15) is 10.4 Å². The van der Waals surface area contributed by atoms with Gasteiger partial charge in [0.2, 0.25) is 0 Å². The number of hydrogen-bond donors (Lipinski definition) is 1. The first-order valence-electron chi connectivity index (χ1n) is 7.33. The summed E-state index contributed by atoms with van der Waals surface area (Å²) in [7, 11) is 0. The average molecular weight is 360 g/mol. The molecule has 24 heavy (non-hydrogen) atoms. The predicted octanol–water partition coefficient (Wildman–Crippen LogP) is 3.97. The summed E-state index contributed by atoms with van der Waals surface area (Å²) >= 11 is 7.43. The average Bonchev–Trinajstić information content (AvgIpc) is 2.59. The van der Waals surface area contributed by atoms with E-state index in [0.717, 1.165) is 10.3 Å². The van der Waals surface area contributed by atoms with Crippen molar-refractivity contribution in [3.05, 3.63) is 75.6 Å². The molecule has 0 spiro atoms. The van der Waals surface area contributed by atoms with E-state index < -0.39 is 11.5 Å². The van der Waals surface area contributed by atoms with Crippen LogP contribution in [0.15, 0.2) is 68.7 Å². The van der Waals surface area contributed by atoms with Gasteiger partial charge in [0.05, 0.1) is 0 Å². The first kappa shape index (κ1) is 16.6. The molecule has 0 unspecified atom stereocenters. The van der Waals surface area contributed by atoms with Gasteiger partial charge in [-0.15, -0.1) is 11.8 Å². The monoisotopic (exact) mass is 359 g/mol. The molecular weight excluding hydrogens is 346 g/mol. The second-order valence-electron chi connectivity index (χ2n) is 5.04. The van der Waals surface area contributed by atoms with Crippen LogP contribution >= 0.6 is 23.4 Å². The molecule has 1 amide bonds. The zero-order valence-electron chi connectivity index (χ0n) is 12.6. The van der Waals surface area contributed by atoms with Crippen LogP contribution in [0.4, 0.5) is 0 Å². The Morgan fingerprint density at radius 1 is 1.12 bits per heavy atom.